The van der Waals surface area contributed by atoms with E-state index in [0.29, 0.717) is 18.0 Å². The molecule has 86 valence electrons. The van der Waals surface area contributed by atoms with E-state index in [-0.39, 0.29) is 6.04 Å². The van der Waals surface area contributed by atoms with Crippen LogP contribution in [0.3, 0.4) is 0 Å². The lowest BCUT2D eigenvalue weighted by atomic mass is 10.2. The van der Waals surface area contributed by atoms with Gasteiger partial charge in [0.15, 0.2) is 11.5 Å². The number of pyridine rings is 1. The molecular weight excluding hydrogens is 204 g/mol. The van der Waals surface area contributed by atoms with Crippen molar-refractivity contribution >= 4 is 0 Å². The molecule has 1 unspecified atom stereocenters. The number of nitrogens with zero attached hydrogens (tertiary/aromatic N) is 1. The zero-order chi connectivity index (χ0) is 12.0. The van der Waals surface area contributed by atoms with Crippen molar-refractivity contribution in [2.24, 2.45) is 0 Å². The zero-order valence-corrected chi connectivity index (χ0v) is 9.78. The standard InChI is InChI=1S/C12H16N2O2/c1-5-9(2)14-8-10-12(16-4)11(15-3)6-7-13-10/h1,6-7,9,14H,8H2,2-4H3. The molecule has 0 saturated carbocycles. The average Bonchev–Trinajstić information content (AvgIpc) is 2.34. The van der Waals surface area contributed by atoms with Gasteiger partial charge in [-0.2, -0.15) is 0 Å². The van der Waals surface area contributed by atoms with E-state index in [2.05, 4.69) is 16.2 Å². The summed E-state index contributed by atoms with van der Waals surface area (Å²) in [7, 11) is 3.19. The van der Waals surface area contributed by atoms with Gasteiger partial charge in [-0.25, -0.2) is 0 Å². The SMILES string of the molecule is C#CC(C)NCc1nccc(OC)c1OC. The molecule has 0 aliphatic carbocycles. The van der Waals surface area contributed by atoms with Crippen LogP contribution in [0.4, 0.5) is 0 Å². The van der Waals surface area contributed by atoms with Crippen molar-refractivity contribution in [3.8, 4) is 23.8 Å². The Morgan fingerprint density at radius 2 is 2.25 bits per heavy atom. The van der Waals surface area contributed by atoms with E-state index in [0.717, 1.165) is 5.69 Å². The fourth-order valence-electron chi connectivity index (χ4n) is 1.29. The molecule has 4 heteroatoms. The number of aromatic nitrogens is 1. The summed E-state index contributed by atoms with van der Waals surface area (Å²) in [6, 6.07) is 1.75. The number of terminal acetylenes is 1. The quantitative estimate of drug-likeness (QED) is 0.757. The number of ether oxygens (including phenoxy) is 2. The predicted molar refractivity (Wildman–Crippen MR) is 62.5 cm³/mol. The maximum atomic E-state index is 5.27. The largest absolute Gasteiger partial charge is 0.493 e. The van der Waals surface area contributed by atoms with Crippen LogP contribution in [0.25, 0.3) is 0 Å². The zero-order valence-electron chi connectivity index (χ0n) is 9.78. The van der Waals surface area contributed by atoms with Crippen LogP contribution in [0.5, 0.6) is 11.5 Å². The van der Waals surface area contributed by atoms with Crippen LogP contribution in [0.2, 0.25) is 0 Å². The number of rotatable bonds is 5. The number of nitrogens with one attached hydrogen (secondary N) is 1. The van der Waals surface area contributed by atoms with E-state index in [9.17, 15) is 0 Å². The van der Waals surface area contributed by atoms with Gasteiger partial charge in [0.2, 0.25) is 0 Å². The van der Waals surface area contributed by atoms with E-state index >= 15 is 0 Å². The first-order valence-electron chi connectivity index (χ1n) is 4.98. The van der Waals surface area contributed by atoms with Crippen LogP contribution in [-0.2, 0) is 6.54 Å². The van der Waals surface area contributed by atoms with Crippen molar-refractivity contribution in [3.63, 3.8) is 0 Å². The molecule has 0 aliphatic rings. The maximum Gasteiger partial charge on any atom is 0.183 e. The monoisotopic (exact) mass is 220 g/mol. The van der Waals surface area contributed by atoms with E-state index in [1.54, 1.807) is 26.5 Å². The second-order valence-corrected chi connectivity index (χ2v) is 3.26. The summed E-state index contributed by atoms with van der Waals surface area (Å²) in [6.45, 7) is 2.46. The van der Waals surface area contributed by atoms with Gasteiger partial charge in [0.25, 0.3) is 0 Å². The van der Waals surface area contributed by atoms with Gasteiger partial charge < -0.3 is 9.47 Å². The highest BCUT2D eigenvalue weighted by Gasteiger charge is 2.10. The van der Waals surface area contributed by atoms with E-state index in [1.807, 2.05) is 6.92 Å². The van der Waals surface area contributed by atoms with Gasteiger partial charge >= 0.3 is 0 Å². The molecule has 1 aromatic heterocycles. The summed E-state index contributed by atoms with van der Waals surface area (Å²) in [6.07, 6.45) is 6.95. The summed E-state index contributed by atoms with van der Waals surface area (Å²) in [5, 5.41) is 3.14. The van der Waals surface area contributed by atoms with Crippen molar-refractivity contribution < 1.29 is 9.47 Å². The molecule has 4 nitrogen and oxygen atoms in total. The minimum absolute atomic E-state index is 0.00212. The number of hydrogen-bond acceptors (Lipinski definition) is 4. The van der Waals surface area contributed by atoms with Crippen LogP contribution < -0.4 is 14.8 Å². The van der Waals surface area contributed by atoms with E-state index in [1.165, 1.54) is 0 Å². The van der Waals surface area contributed by atoms with Crippen LogP contribution in [-0.4, -0.2) is 25.2 Å². The first kappa shape index (κ1) is 12.3. The highest BCUT2D eigenvalue weighted by molar-refractivity contribution is 5.42. The molecule has 1 rings (SSSR count). The third-order valence-electron chi connectivity index (χ3n) is 2.19. The second-order valence-electron chi connectivity index (χ2n) is 3.26. The smallest absolute Gasteiger partial charge is 0.183 e. The normalized spacial score (nSPS) is 11.6. The van der Waals surface area contributed by atoms with E-state index in [4.69, 9.17) is 15.9 Å². The first-order valence-corrected chi connectivity index (χ1v) is 4.98. The summed E-state index contributed by atoms with van der Waals surface area (Å²) in [5.41, 5.74) is 0.781. The van der Waals surface area contributed by atoms with Gasteiger partial charge in [0.05, 0.1) is 26.0 Å². The van der Waals surface area contributed by atoms with Gasteiger partial charge in [-0.15, -0.1) is 6.42 Å². The molecule has 1 heterocycles. The highest BCUT2D eigenvalue weighted by atomic mass is 16.5. The Bertz CT molecular complexity index is 385. The molecule has 0 spiro atoms. The molecule has 1 aromatic rings. The third-order valence-corrected chi connectivity index (χ3v) is 2.19. The van der Waals surface area contributed by atoms with Crippen LogP contribution in [0, 0.1) is 12.3 Å². The first-order chi connectivity index (χ1) is 7.72. The van der Waals surface area contributed by atoms with Gasteiger partial charge in [-0.1, -0.05) is 5.92 Å². The molecule has 0 amide bonds. The average molecular weight is 220 g/mol. The van der Waals surface area contributed by atoms with Gasteiger partial charge in [-0.05, 0) is 6.92 Å². The molecule has 1 N–H and O–H groups in total. The Morgan fingerprint density at radius 1 is 1.50 bits per heavy atom. The van der Waals surface area contributed by atoms with Crippen LogP contribution in [0.1, 0.15) is 12.6 Å². The molecule has 0 bridgehead atoms. The minimum atomic E-state index is -0.00212. The Morgan fingerprint density at radius 3 is 2.81 bits per heavy atom. The van der Waals surface area contributed by atoms with Crippen molar-refractivity contribution in [2.45, 2.75) is 19.5 Å². The van der Waals surface area contributed by atoms with Gasteiger partial charge in [0.1, 0.15) is 0 Å². The third kappa shape index (κ3) is 2.88. The van der Waals surface area contributed by atoms with Crippen molar-refractivity contribution in [2.75, 3.05) is 14.2 Å². The van der Waals surface area contributed by atoms with Crippen molar-refractivity contribution in [1.29, 1.82) is 0 Å². The summed E-state index contributed by atoms with van der Waals surface area (Å²) in [5.74, 6) is 3.90. The Hall–Kier alpha value is -1.73. The summed E-state index contributed by atoms with van der Waals surface area (Å²) >= 11 is 0. The summed E-state index contributed by atoms with van der Waals surface area (Å²) < 4.78 is 10.4. The molecule has 0 saturated heterocycles. The van der Waals surface area contributed by atoms with Gasteiger partial charge in [0, 0.05) is 18.8 Å². The van der Waals surface area contributed by atoms with Crippen LogP contribution >= 0.6 is 0 Å². The van der Waals surface area contributed by atoms with E-state index < -0.39 is 0 Å². The minimum Gasteiger partial charge on any atom is -0.493 e. The van der Waals surface area contributed by atoms with Crippen LogP contribution in [0.15, 0.2) is 12.3 Å². The maximum absolute atomic E-state index is 5.27. The molecule has 0 aromatic carbocycles. The lowest BCUT2D eigenvalue weighted by molar-refractivity contribution is 0.348. The fraction of sp³-hybridized carbons (Fsp3) is 0.417. The molecule has 0 fully saturated rings. The molecule has 0 radical (unpaired) electrons. The highest BCUT2D eigenvalue weighted by Crippen LogP contribution is 2.28. The molecular formula is C12H16N2O2. The second kappa shape index (κ2) is 5.99. The van der Waals surface area contributed by atoms with Crippen molar-refractivity contribution in [3.05, 3.63) is 18.0 Å². The number of methoxy groups -OCH3 is 2. The molecule has 1 atom stereocenters. The Labute approximate surface area is 96.0 Å². The lowest BCUT2D eigenvalue weighted by Gasteiger charge is -2.13. The Balaban J connectivity index is 2.83. The van der Waals surface area contributed by atoms with Crippen molar-refractivity contribution in [1.82, 2.24) is 10.3 Å². The predicted octanol–water partition coefficient (Wildman–Crippen LogP) is 1.21. The fourth-order valence-corrected chi connectivity index (χ4v) is 1.29. The van der Waals surface area contributed by atoms with Gasteiger partial charge in [-0.3, -0.25) is 10.3 Å². The molecule has 0 aliphatic heterocycles. The topological polar surface area (TPSA) is 43.4 Å². The molecule has 16 heavy (non-hydrogen) atoms. The summed E-state index contributed by atoms with van der Waals surface area (Å²) in [4.78, 5) is 4.23. The number of hydrogen-bond donors (Lipinski definition) is 1. The lowest BCUT2D eigenvalue weighted by Crippen LogP contribution is -2.24. The Kier molecular flexibility index (Phi) is 4.62.